The SMILES string of the molecule is CCc1ccc(Nc2cccc3c2C(=O)c2cccc([NH3+])c2C3=O)cc1. The van der Waals surface area contributed by atoms with Crippen LogP contribution in [0.4, 0.5) is 17.1 Å². The molecule has 1 aliphatic rings. The number of carbonyl (C=O) groups excluding carboxylic acids is 2. The molecule has 128 valence electrons. The molecule has 4 N–H and O–H groups in total. The van der Waals surface area contributed by atoms with E-state index < -0.39 is 0 Å². The van der Waals surface area contributed by atoms with Crippen LogP contribution in [0.25, 0.3) is 0 Å². The predicted octanol–water partition coefficient (Wildman–Crippen LogP) is 3.64. The first-order valence-electron chi connectivity index (χ1n) is 8.63. The Morgan fingerprint density at radius 2 is 1.42 bits per heavy atom. The van der Waals surface area contributed by atoms with E-state index in [1.165, 1.54) is 5.56 Å². The van der Waals surface area contributed by atoms with Crippen LogP contribution in [0, 0.1) is 0 Å². The molecule has 0 atom stereocenters. The molecule has 1 aliphatic carbocycles. The van der Waals surface area contributed by atoms with Crippen LogP contribution in [0.5, 0.6) is 0 Å². The summed E-state index contributed by atoms with van der Waals surface area (Å²) in [5, 5.41) is 3.29. The van der Waals surface area contributed by atoms with E-state index in [1.807, 2.05) is 18.2 Å². The number of hydrogen-bond donors (Lipinski definition) is 2. The molecule has 0 unspecified atom stereocenters. The van der Waals surface area contributed by atoms with Gasteiger partial charge in [0.25, 0.3) is 0 Å². The minimum atomic E-state index is -0.148. The summed E-state index contributed by atoms with van der Waals surface area (Å²) in [6.07, 6.45) is 0.970. The van der Waals surface area contributed by atoms with Gasteiger partial charge in [-0.05, 0) is 42.3 Å². The second-order valence-electron chi connectivity index (χ2n) is 6.40. The highest BCUT2D eigenvalue weighted by atomic mass is 16.1. The maximum absolute atomic E-state index is 13.1. The fraction of sp³-hybridized carbons (Fsp3) is 0.0909. The molecule has 0 radical (unpaired) electrons. The predicted molar refractivity (Wildman–Crippen MR) is 101 cm³/mol. The quantitative estimate of drug-likeness (QED) is 0.596. The Morgan fingerprint density at radius 1 is 0.808 bits per heavy atom. The highest BCUT2D eigenvalue weighted by Gasteiger charge is 2.34. The zero-order valence-electron chi connectivity index (χ0n) is 14.5. The molecule has 4 rings (SSSR count). The van der Waals surface area contributed by atoms with E-state index in [0.717, 1.165) is 12.1 Å². The molecule has 3 aromatic carbocycles. The van der Waals surface area contributed by atoms with Gasteiger partial charge in [-0.2, -0.15) is 0 Å². The Kier molecular flexibility index (Phi) is 3.90. The molecule has 0 aliphatic heterocycles. The molecular formula is C22H19N2O2+. The lowest BCUT2D eigenvalue weighted by molar-refractivity contribution is -0.255. The number of anilines is 2. The topological polar surface area (TPSA) is 73.8 Å². The molecule has 0 amide bonds. The zero-order valence-corrected chi connectivity index (χ0v) is 14.5. The van der Waals surface area contributed by atoms with Crippen molar-refractivity contribution in [1.82, 2.24) is 0 Å². The second-order valence-corrected chi connectivity index (χ2v) is 6.40. The summed E-state index contributed by atoms with van der Waals surface area (Å²) in [5.74, 6) is -0.293. The maximum Gasteiger partial charge on any atom is 0.200 e. The molecule has 4 heteroatoms. The van der Waals surface area contributed by atoms with E-state index >= 15 is 0 Å². The van der Waals surface area contributed by atoms with Gasteiger partial charge in [0.2, 0.25) is 5.78 Å². The molecule has 0 heterocycles. The van der Waals surface area contributed by atoms with Crippen molar-refractivity contribution in [2.24, 2.45) is 0 Å². The third-order valence-electron chi connectivity index (χ3n) is 4.80. The van der Waals surface area contributed by atoms with Gasteiger partial charge in [0.1, 0.15) is 5.69 Å². The monoisotopic (exact) mass is 343 g/mol. The Labute approximate surface area is 151 Å². The summed E-state index contributed by atoms with van der Waals surface area (Å²) < 4.78 is 0. The van der Waals surface area contributed by atoms with Crippen molar-refractivity contribution in [2.45, 2.75) is 13.3 Å². The van der Waals surface area contributed by atoms with Gasteiger partial charge < -0.3 is 11.1 Å². The highest BCUT2D eigenvalue weighted by Crippen LogP contribution is 2.35. The van der Waals surface area contributed by atoms with Crippen LogP contribution in [-0.4, -0.2) is 11.6 Å². The summed E-state index contributed by atoms with van der Waals surface area (Å²) in [4.78, 5) is 26.0. The summed E-state index contributed by atoms with van der Waals surface area (Å²) in [5.41, 5.74) is 8.95. The van der Waals surface area contributed by atoms with Gasteiger partial charge in [-0.3, -0.25) is 9.59 Å². The van der Waals surface area contributed by atoms with Crippen molar-refractivity contribution >= 4 is 28.6 Å². The van der Waals surface area contributed by atoms with Gasteiger partial charge in [-0.15, -0.1) is 0 Å². The Balaban J connectivity index is 1.81. The van der Waals surface area contributed by atoms with Crippen molar-refractivity contribution in [3.63, 3.8) is 0 Å². The molecule has 0 fully saturated rings. The van der Waals surface area contributed by atoms with E-state index in [-0.39, 0.29) is 11.6 Å². The van der Waals surface area contributed by atoms with E-state index in [0.29, 0.717) is 33.6 Å². The minimum absolute atomic E-state index is 0.145. The first kappa shape index (κ1) is 16.2. The van der Waals surface area contributed by atoms with Crippen molar-refractivity contribution < 1.29 is 15.3 Å². The van der Waals surface area contributed by atoms with E-state index in [4.69, 9.17) is 0 Å². The molecule has 0 bridgehead atoms. The Bertz CT molecular complexity index is 1040. The Hall–Kier alpha value is -3.24. The van der Waals surface area contributed by atoms with Crippen LogP contribution in [0.2, 0.25) is 0 Å². The number of hydrogen-bond acceptors (Lipinski definition) is 3. The van der Waals surface area contributed by atoms with Crippen LogP contribution in [0.1, 0.15) is 44.3 Å². The maximum atomic E-state index is 13.1. The highest BCUT2D eigenvalue weighted by molar-refractivity contribution is 6.31. The fourth-order valence-corrected chi connectivity index (χ4v) is 3.40. The number of carbonyl (C=O) groups is 2. The number of rotatable bonds is 3. The number of aryl methyl sites for hydroxylation is 1. The molecule has 0 aromatic heterocycles. The Morgan fingerprint density at radius 3 is 2.12 bits per heavy atom. The summed E-state index contributed by atoms with van der Waals surface area (Å²) >= 11 is 0. The van der Waals surface area contributed by atoms with Gasteiger partial charge in [-0.25, -0.2) is 0 Å². The van der Waals surface area contributed by atoms with E-state index in [1.54, 1.807) is 30.3 Å². The molecule has 0 saturated heterocycles. The first-order chi connectivity index (χ1) is 12.6. The van der Waals surface area contributed by atoms with Crippen molar-refractivity contribution in [1.29, 1.82) is 0 Å². The smallest absolute Gasteiger partial charge is 0.200 e. The molecule has 26 heavy (non-hydrogen) atoms. The van der Waals surface area contributed by atoms with Crippen molar-refractivity contribution in [3.8, 4) is 0 Å². The molecule has 4 nitrogen and oxygen atoms in total. The van der Waals surface area contributed by atoms with Crippen LogP contribution in [-0.2, 0) is 6.42 Å². The number of nitrogens with one attached hydrogen (secondary N) is 1. The van der Waals surface area contributed by atoms with E-state index in [2.05, 4.69) is 30.1 Å². The lowest BCUT2D eigenvalue weighted by atomic mass is 9.82. The first-order valence-corrected chi connectivity index (χ1v) is 8.63. The summed E-state index contributed by atoms with van der Waals surface area (Å²) in [7, 11) is 0. The van der Waals surface area contributed by atoms with Gasteiger partial charge in [0.15, 0.2) is 5.78 Å². The van der Waals surface area contributed by atoms with Crippen molar-refractivity contribution in [2.75, 3.05) is 5.32 Å². The molecular weight excluding hydrogens is 324 g/mol. The van der Waals surface area contributed by atoms with Crippen LogP contribution in [0.3, 0.4) is 0 Å². The lowest BCUT2D eigenvalue weighted by Crippen LogP contribution is -2.43. The van der Waals surface area contributed by atoms with Crippen LogP contribution < -0.4 is 11.1 Å². The standard InChI is InChI=1S/C22H18N2O2/c1-2-13-9-11-14(12-10-13)24-18-8-4-6-16-20(18)22(26)15-5-3-7-17(23)19(15)21(16)25/h3-12,24H,2,23H2,1H3/p+1. The third-order valence-corrected chi connectivity index (χ3v) is 4.80. The zero-order chi connectivity index (χ0) is 18.3. The molecule has 0 spiro atoms. The van der Waals surface area contributed by atoms with Gasteiger partial charge in [0, 0.05) is 16.8 Å². The number of quaternary nitrogens is 1. The normalized spacial score (nSPS) is 12.5. The summed E-state index contributed by atoms with van der Waals surface area (Å²) in [6, 6.07) is 18.6. The third kappa shape index (κ3) is 2.52. The van der Waals surface area contributed by atoms with Gasteiger partial charge >= 0.3 is 0 Å². The average Bonchev–Trinajstić information content (AvgIpc) is 2.66. The number of benzene rings is 3. The summed E-state index contributed by atoms with van der Waals surface area (Å²) in [6.45, 7) is 2.11. The molecule has 0 saturated carbocycles. The van der Waals surface area contributed by atoms with Crippen LogP contribution in [0.15, 0.2) is 60.7 Å². The van der Waals surface area contributed by atoms with Crippen LogP contribution >= 0.6 is 0 Å². The average molecular weight is 343 g/mol. The number of fused-ring (bicyclic) bond motifs is 2. The van der Waals surface area contributed by atoms with Crippen molar-refractivity contribution in [3.05, 3.63) is 88.5 Å². The minimum Gasteiger partial charge on any atom is -0.355 e. The lowest BCUT2D eigenvalue weighted by Gasteiger charge is -2.21. The number of ketones is 2. The second kappa shape index (κ2) is 6.24. The van der Waals surface area contributed by atoms with E-state index in [9.17, 15) is 9.59 Å². The van der Waals surface area contributed by atoms with Gasteiger partial charge in [-0.1, -0.05) is 37.3 Å². The molecule has 3 aromatic rings. The van der Waals surface area contributed by atoms with Gasteiger partial charge in [0.05, 0.1) is 16.8 Å². The fourth-order valence-electron chi connectivity index (χ4n) is 3.40. The largest absolute Gasteiger partial charge is 0.355 e.